The van der Waals surface area contributed by atoms with Crippen molar-refractivity contribution in [3.8, 4) is 23.0 Å². The Morgan fingerprint density at radius 2 is 1.93 bits per heavy atom. The summed E-state index contributed by atoms with van der Waals surface area (Å²) in [4.78, 5) is 10.9. The van der Waals surface area contributed by atoms with Gasteiger partial charge in [-0.15, -0.1) is 10.2 Å². The molecule has 0 aliphatic carbocycles. The molecule has 8 heteroatoms. The standard InChI is InChI=1S/C19H25N7O/c1-12-9-16(23-24-18(12)21-14(3)25(4)5)15-7-8-17(19(22-15)27-6)26-10-13(2)20-11-26/h7-11,14H,1-6H3,(H,21,24)/t14-/m1/s1. The fraction of sp³-hybridized carbons (Fsp3) is 0.368. The topological polar surface area (TPSA) is 81.0 Å². The van der Waals surface area contributed by atoms with Crippen molar-refractivity contribution in [2.45, 2.75) is 26.9 Å². The number of nitrogens with zero attached hydrogens (tertiary/aromatic N) is 6. The molecule has 0 aliphatic rings. The Bertz CT molecular complexity index is 936. The van der Waals surface area contributed by atoms with Gasteiger partial charge in [0.1, 0.15) is 11.4 Å². The van der Waals surface area contributed by atoms with Crippen LogP contribution in [0.15, 0.2) is 30.7 Å². The molecule has 0 saturated heterocycles. The van der Waals surface area contributed by atoms with E-state index in [2.05, 4.69) is 37.3 Å². The number of imidazole rings is 1. The van der Waals surface area contributed by atoms with Crippen LogP contribution in [0.3, 0.4) is 0 Å². The van der Waals surface area contributed by atoms with Crippen LogP contribution in [0.1, 0.15) is 18.2 Å². The molecule has 0 unspecified atom stereocenters. The molecule has 1 atom stereocenters. The molecule has 142 valence electrons. The van der Waals surface area contributed by atoms with Crippen LogP contribution >= 0.6 is 0 Å². The monoisotopic (exact) mass is 367 g/mol. The maximum atomic E-state index is 5.48. The third kappa shape index (κ3) is 4.06. The van der Waals surface area contributed by atoms with Gasteiger partial charge in [-0.2, -0.15) is 0 Å². The van der Waals surface area contributed by atoms with Crippen molar-refractivity contribution in [1.82, 2.24) is 29.6 Å². The molecular formula is C19H25N7O. The van der Waals surface area contributed by atoms with E-state index in [0.717, 1.165) is 22.8 Å². The number of anilines is 1. The lowest BCUT2D eigenvalue weighted by atomic mass is 10.2. The van der Waals surface area contributed by atoms with E-state index in [9.17, 15) is 0 Å². The Kier molecular flexibility index (Phi) is 5.36. The maximum absolute atomic E-state index is 5.48. The second kappa shape index (κ2) is 7.71. The number of aromatic nitrogens is 5. The molecule has 3 aromatic heterocycles. The van der Waals surface area contributed by atoms with Crippen LogP contribution in [0.4, 0.5) is 5.82 Å². The molecule has 3 heterocycles. The van der Waals surface area contributed by atoms with Crippen LogP contribution < -0.4 is 10.1 Å². The van der Waals surface area contributed by atoms with Crippen LogP contribution in [0.2, 0.25) is 0 Å². The third-order valence-electron chi connectivity index (χ3n) is 4.39. The molecular weight excluding hydrogens is 342 g/mol. The van der Waals surface area contributed by atoms with Gasteiger partial charge in [0.25, 0.3) is 0 Å². The van der Waals surface area contributed by atoms with E-state index in [-0.39, 0.29) is 6.17 Å². The average Bonchev–Trinajstić information content (AvgIpc) is 3.08. The van der Waals surface area contributed by atoms with Crippen LogP contribution in [-0.2, 0) is 0 Å². The zero-order valence-corrected chi connectivity index (χ0v) is 16.6. The quantitative estimate of drug-likeness (QED) is 0.671. The van der Waals surface area contributed by atoms with Gasteiger partial charge in [-0.3, -0.25) is 4.90 Å². The summed E-state index contributed by atoms with van der Waals surface area (Å²) in [6.07, 6.45) is 3.82. The van der Waals surface area contributed by atoms with Gasteiger partial charge < -0.3 is 14.6 Å². The molecule has 1 N–H and O–H groups in total. The number of rotatable bonds is 6. The molecule has 3 aromatic rings. The first kappa shape index (κ1) is 18.8. The van der Waals surface area contributed by atoms with Crippen molar-refractivity contribution in [2.24, 2.45) is 0 Å². The molecule has 0 fully saturated rings. The summed E-state index contributed by atoms with van der Waals surface area (Å²) < 4.78 is 7.36. The van der Waals surface area contributed by atoms with E-state index in [1.165, 1.54) is 0 Å². The minimum atomic E-state index is 0.153. The molecule has 0 aliphatic heterocycles. The summed E-state index contributed by atoms with van der Waals surface area (Å²) >= 11 is 0. The summed E-state index contributed by atoms with van der Waals surface area (Å²) in [6.45, 7) is 6.01. The highest BCUT2D eigenvalue weighted by Gasteiger charge is 2.13. The van der Waals surface area contributed by atoms with Crippen LogP contribution in [0.25, 0.3) is 17.1 Å². The van der Waals surface area contributed by atoms with Gasteiger partial charge in [0.05, 0.1) is 31.0 Å². The van der Waals surface area contributed by atoms with Gasteiger partial charge >= 0.3 is 0 Å². The van der Waals surface area contributed by atoms with Gasteiger partial charge in [-0.05, 0) is 58.6 Å². The van der Waals surface area contributed by atoms with E-state index < -0.39 is 0 Å². The molecule has 0 bridgehead atoms. The Labute approximate surface area is 159 Å². The van der Waals surface area contributed by atoms with Crippen LogP contribution in [0, 0.1) is 13.8 Å². The molecule has 27 heavy (non-hydrogen) atoms. The highest BCUT2D eigenvalue weighted by molar-refractivity contribution is 5.61. The van der Waals surface area contributed by atoms with Crippen molar-refractivity contribution < 1.29 is 4.74 Å². The minimum absolute atomic E-state index is 0.153. The zero-order chi connectivity index (χ0) is 19.6. The molecule has 8 nitrogen and oxygen atoms in total. The first-order chi connectivity index (χ1) is 12.9. The first-order valence-electron chi connectivity index (χ1n) is 8.72. The molecule has 0 spiro atoms. The number of ether oxygens (including phenoxy) is 1. The van der Waals surface area contributed by atoms with E-state index in [1.54, 1.807) is 13.4 Å². The Hall–Kier alpha value is -3.00. The van der Waals surface area contributed by atoms with Gasteiger partial charge in [0.2, 0.25) is 5.88 Å². The molecule has 3 rings (SSSR count). The van der Waals surface area contributed by atoms with E-state index in [1.807, 2.05) is 56.9 Å². The van der Waals surface area contributed by atoms with Crippen LogP contribution in [0.5, 0.6) is 5.88 Å². The Balaban J connectivity index is 1.91. The maximum Gasteiger partial charge on any atom is 0.238 e. The van der Waals surface area contributed by atoms with Crippen molar-refractivity contribution in [1.29, 1.82) is 0 Å². The molecule has 0 saturated carbocycles. The lowest BCUT2D eigenvalue weighted by Gasteiger charge is -2.22. The minimum Gasteiger partial charge on any atom is -0.479 e. The molecule has 0 amide bonds. The highest BCUT2D eigenvalue weighted by Crippen LogP contribution is 2.26. The second-order valence-corrected chi connectivity index (χ2v) is 6.69. The molecule has 0 radical (unpaired) electrons. The zero-order valence-electron chi connectivity index (χ0n) is 16.6. The largest absolute Gasteiger partial charge is 0.479 e. The fourth-order valence-electron chi connectivity index (χ4n) is 2.56. The lowest BCUT2D eigenvalue weighted by molar-refractivity contribution is 0.342. The van der Waals surface area contributed by atoms with Crippen molar-refractivity contribution in [2.75, 3.05) is 26.5 Å². The number of pyridine rings is 1. The predicted molar refractivity (Wildman–Crippen MR) is 105 cm³/mol. The number of hydrogen-bond acceptors (Lipinski definition) is 7. The summed E-state index contributed by atoms with van der Waals surface area (Å²) in [6, 6.07) is 5.83. The van der Waals surface area contributed by atoms with Gasteiger partial charge in [-0.1, -0.05) is 0 Å². The van der Waals surface area contributed by atoms with Crippen molar-refractivity contribution >= 4 is 5.82 Å². The highest BCUT2D eigenvalue weighted by atomic mass is 16.5. The number of methoxy groups -OCH3 is 1. The summed E-state index contributed by atoms with van der Waals surface area (Å²) in [7, 11) is 5.62. The number of aryl methyl sites for hydroxylation is 2. The summed E-state index contributed by atoms with van der Waals surface area (Å²) in [5, 5.41) is 12.0. The predicted octanol–water partition coefficient (Wildman–Crippen LogP) is 2.67. The third-order valence-corrected chi connectivity index (χ3v) is 4.39. The van der Waals surface area contributed by atoms with E-state index in [0.29, 0.717) is 17.3 Å². The Morgan fingerprint density at radius 1 is 1.15 bits per heavy atom. The summed E-state index contributed by atoms with van der Waals surface area (Å²) in [5.74, 6) is 1.27. The van der Waals surface area contributed by atoms with Crippen molar-refractivity contribution in [3.05, 3.63) is 42.0 Å². The Morgan fingerprint density at radius 3 is 2.52 bits per heavy atom. The fourth-order valence-corrected chi connectivity index (χ4v) is 2.56. The van der Waals surface area contributed by atoms with Crippen molar-refractivity contribution in [3.63, 3.8) is 0 Å². The van der Waals surface area contributed by atoms with Gasteiger partial charge in [-0.25, -0.2) is 9.97 Å². The molecule has 0 aromatic carbocycles. The van der Waals surface area contributed by atoms with Gasteiger partial charge in [0, 0.05) is 6.20 Å². The average molecular weight is 367 g/mol. The van der Waals surface area contributed by atoms with Crippen LogP contribution in [-0.4, -0.2) is 57.0 Å². The summed E-state index contributed by atoms with van der Waals surface area (Å²) in [5.41, 5.74) is 4.16. The lowest BCUT2D eigenvalue weighted by Crippen LogP contribution is -2.32. The SMILES string of the molecule is COc1nc(-c2cc(C)c(N[C@@H](C)N(C)C)nn2)ccc1-n1cnc(C)c1. The number of nitrogens with one attached hydrogen (secondary N) is 1. The smallest absolute Gasteiger partial charge is 0.238 e. The van der Waals surface area contributed by atoms with E-state index >= 15 is 0 Å². The van der Waals surface area contributed by atoms with E-state index in [4.69, 9.17) is 4.74 Å². The second-order valence-electron chi connectivity index (χ2n) is 6.69. The normalized spacial score (nSPS) is 12.3. The van der Waals surface area contributed by atoms with Gasteiger partial charge in [0.15, 0.2) is 5.82 Å². The number of hydrogen-bond donors (Lipinski definition) is 1. The first-order valence-corrected chi connectivity index (χ1v) is 8.72.